The predicted molar refractivity (Wildman–Crippen MR) is 103 cm³/mol. The van der Waals surface area contributed by atoms with Gasteiger partial charge in [0.15, 0.2) is 6.61 Å². The predicted octanol–water partition coefficient (Wildman–Crippen LogP) is 3.39. The topological polar surface area (TPSA) is 56.6 Å². The third kappa shape index (κ3) is 3.80. The summed E-state index contributed by atoms with van der Waals surface area (Å²) in [6, 6.07) is 17.5. The SMILES string of the molecule is CC1CCN(C)c2ccccc2N1C(=O)Cc1ccc(OCC#N)cc1. The summed E-state index contributed by atoms with van der Waals surface area (Å²) in [6.45, 7) is 3.05. The second-order valence-electron chi connectivity index (χ2n) is 6.58. The monoisotopic (exact) mass is 349 g/mol. The molecule has 2 aromatic rings. The number of rotatable bonds is 4. The average Bonchev–Trinajstić information content (AvgIpc) is 2.78. The summed E-state index contributed by atoms with van der Waals surface area (Å²) in [5.74, 6) is 0.726. The molecule has 0 N–H and O–H groups in total. The molecule has 2 aromatic carbocycles. The number of amides is 1. The quantitative estimate of drug-likeness (QED) is 0.849. The van der Waals surface area contributed by atoms with Crippen LogP contribution in [-0.4, -0.2) is 32.1 Å². The summed E-state index contributed by atoms with van der Waals surface area (Å²) < 4.78 is 5.26. The Morgan fingerprint density at radius 1 is 1.19 bits per heavy atom. The number of nitriles is 1. The van der Waals surface area contributed by atoms with Crippen molar-refractivity contribution in [1.29, 1.82) is 5.26 Å². The standard InChI is InChI=1S/C21H23N3O2/c1-16-11-13-23(2)19-5-3-4-6-20(19)24(16)21(25)15-17-7-9-18(10-8-17)26-14-12-22/h3-10,16H,11,13-15H2,1-2H3. The molecule has 26 heavy (non-hydrogen) atoms. The van der Waals surface area contributed by atoms with Gasteiger partial charge in [-0.25, -0.2) is 0 Å². The largest absolute Gasteiger partial charge is 0.479 e. The number of nitrogens with zero attached hydrogens (tertiary/aromatic N) is 3. The molecule has 3 rings (SSSR count). The van der Waals surface area contributed by atoms with Crippen molar-refractivity contribution in [2.75, 3.05) is 30.0 Å². The van der Waals surface area contributed by atoms with Crippen LogP contribution in [0.15, 0.2) is 48.5 Å². The Morgan fingerprint density at radius 2 is 1.88 bits per heavy atom. The van der Waals surface area contributed by atoms with Crippen LogP contribution in [0.1, 0.15) is 18.9 Å². The lowest BCUT2D eigenvalue weighted by atomic mass is 10.1. The van der Waals surface area contributed by atoms with Crippen LogP contribution >= 0.6 is 0 Å². The molecule has 0 fully saturated rings. The number of benzene rings is 2. The Hall–Kier alpha value is -3.00. The Labute approximate surface area is 154 Å². The van der Waals surface area contributed by atoms with E-state index in [4.69, 9.17) is 10.00 Å². The molecule has 1 aliphatic heterocycles. The van der Waals surface area contributed by atoms with Crippen molar-refractivity contribution in [3.63, 3.8) is 0 Å². The number of carbonyl (C=O) groups excluding carboxylic acids is 1. The van der Waals surface area contributed by atoms with Gasteiger partial charge in [0, 0.05) is 19.6 Å². The van der Waals surface area contributed by atoms with Gasteiger partial charge in [0.25, 0.3) is 0 Å². The first-order valence-electron chi connectivity index (χ1n) is 8.81. The van der Waals surface area contributed by atoms with Crippen LogP contribution in [0, 0.1) is 11.3 Å². The zero-order valence-corrected chi connectivity index (χ0v) is 15.2. The lowest BCUT2D eigenvalue weighted by Crippen LogP contribution is -2.39. The van der Waals surface area contributed by atoms with Gasteiger partial charge in [0.1, 0.15) is 11.8 Å². The van der Waals surface area contributed by atoms with Crippen molar-refractivity contribution in [2.24, 2.45) is 0 Å². The van der Waals surface area contributed by atoms with Crippen molar-refractivity contribution < 1.29 is 9.53 Å². The number of hydrogen-bond acceptors (Lipinski definition) is 4. The fourth-order valence-corrected chi connectivity index (χ4v) is 3.32. The highest BCUT2D eigenvalue weighted by Crippen LogP contribution is 2.34. The first kappa shape index (κ1) is 17.8. The fraction of sp³-hybridized carbons (Fsp3) is 0.333. The van der Waals surface area contributed by atoms with E-state index in [1.54, 1.807) is 12.1 Å². The minimum Gasteiger partial charge on any atom is -0.479 e. The molecule has 1 amide bonds. The summed E-state index contributed by atoms with van der Waals surface area (Å²) in [4.78, 5) is 17.2. The normalized spacial score (nSPS) is 16.4. The lowest BCUT2D eigenvalue weighted by Gasteiger charge is -2.28. The molecule has 1 atom stereocenters. The van der Waals surface area contributed by atoms with Gasteiger partial charge >= 0.3 is 0 Å². The van der Waals surface area contributed by atoms with Crippen LogP contribution < -0.4 is 14.5 Å². The van der Waals surface area contributed by atoms with E-state index in [1.165, 1.54) is 0 Å². The number of para-hydroxylation sites is 2. The highest BCUT2D eigenvalue weighted by molar-refractivity contribution is 5.98. The third-order valence-corrected chi connectivity index (χ3v) is 4.73. The Bertz CT molecular complexity index is 811. The van der Waals surface area contributed by atoms with E-state index in [1.807, 2.05) is 41.3 Å². The van der Waals surface area contributed by atoms with E-state index < -0.39 is 0 Å². The summed E-state index contributed by atoms with van der Waals surface area (Å²) >= 11 is 0. The van der Waals surface area contributed by atoms with Crippen LogP contribution in [0.2, 0.25) is 0 Å². The molecule has 1 aliphatic rings. The Morgan fingerprint density at radius 3 is 2.58 bits per heavy atom. The van der Waals surface area contributed by atoms with Gasteiger partial charge < -0.3 is 14.5 Å². The van der Waals surface area contributed by atoms with Gasteiger partial charge in [-0.3, -0.25) is 4.79 Å². The highest BCUT2D eigenvalue weighted by atomic mass is 16.5. The first-order chi connectivity index (χ1) is 12.6. The van der Waals surface area contributed by atoms with Gasteiger partial charge in [0.2, 0.25) is 5.91 Å². The second-order valence-corrected chi connectivity index (χ2v) is 6.58. The Balaban J connectivity index is 1.80. The molecule has 0 saturated carbocycles. The van der Waals surface area contributed by atoms with E-state index in [9.17, 15) is 4.79 Å². The van der Waals surface area contributed by atoms with Crippen LogP contribution in [0.3, 0.4) is 0 Å². The van der Waals surface area contributed by atoms with E-state index in [0.29, 0.717) is 12.2 Å². The molecule has 0 spiro atoms. The van der Waals surface area contributed by atoms with Crippen molar-refractivity contribution >= 4 is 17.3 Å². The fourth-order valence-electron chi connectivity index (χ4n) is 3.32. The maximum atomic E-state index is 13.1. The summed E-state index contributed by atoms with van der Waals surface area (Å²) in [6.07, 6.45) is 1.26. The van der Waals surface area contributed by atoms with Crippen LogP contribution in [0.25, 0.3) is 0 Å². The highest BCUT2D eigenvalue weighted by Gasteiger charge is 2.28. The zero-order valence-electron chi connectivity index (χ0n) is 15.2. The summed E-state index contributed by atoms with van der Waals surface area (Å²) in [5.41, 5.74) is 2.99. The smallest absolute Gasteiger partial charge is 0.231 e. The minimum absolute atomic E-state index is 0.0217. The van der Waals surface area contributed by atoms with Crippen LogP contribution in [0.4, 0.5) is 11.4 Å². The molecular formula is C21H23N3O2. The molecular weight excluding hydrogens is 326 g/mol. The molecule has 5 nitrogen and oxygen atoms in total. The molecule has 0 radical (unpaired) electrons. The maximum Gasteiger partial charge on any atom is 0.231 e. The van der Waals surface area contributed by atoms with Crippen molar-refractivity contribution in [3.8, 4) is 11.8 Å². The summed E-state index contributed by atoms with van der Waals surface area (Å²) in [7, 11) is 2.07. The molecule has 0 saturated heterocycles. The van der Waals surface area contributed by atoms with Crippen LogP contribution in [-0.2, 0) is 11.2 Å². The Kier molecular flexibility index (Phi) is 5.43. The van der Waals surface area contributed by atoms with Gasteiger partial charge in [-0.1, -0.05) is 24.3 Å². The van der Waals surface area contributed by atoms with Crippen molar-refractivity contribution in [1.82, 2.24) is 0 Å². The van der Waals surface area contributed by atoms with E-state index in [0.717, 1.165) is 29.9 Å². The molecule has 0 bridgehead atoms. The van der Waals surface area contributed by atoms with Gasteiger partial charge in [-0.2, -0.15) is 5.26 Å². The number of carbonyl (C=O) groups is 1. The zero-order chi connectivity index (χ0) is 18.5. The van der Waals surface area contributed by atoms with Gasteiger partial charge in [-0.05, 0) is 43.2 Å². The van der Waals surface area contributed by atoms with Gasteiger partial charge in [0.05, 0.1) is 17.8 Å². The molecule has 134 valence electrons. The molecule has 5 heteroatoms. The number of anilines is 2. The lowest BCUT2D eigenvalue weighted by molar-refractivity contribution is -0.118. The van der Waals surface area contributed by atoms with E-state index >= 15 is 0 Å². The van der Waals surface area contributed by atoms with E-state index in [-0.39, 0.29) is 18.6 Å². The first-order valence-corrected chi connectivity index (χ1v) is 8.81. The number of hydrogen-bond donors (Lipinski definition) is 0. The van der Waals surface area contributed by atoms with Crippen molar-refractivity contribution in [3.05, 3.63) is 54.1 Å². The summed E-state index contributed by atoms with van der Waals surface area (Å²) in [5, 5.41) is 8.56. The van der Waals surface area contributed by atoms with Gasteiger partial charge in [-0.15, -0.1) is 0 Å². The van der Waals surface area contributed by atoms with Crippen molar-refractivity contribution in [2.45, 2.75) is 25.8 Å². The average molecular weight is 349 g/mol. The maximum absolute atomic E-state index is 13.1. The second kappa shape index (κ2) is 7.92. The van der Waals surface area contributed by atoms with E-state index in [2.05, 4.69) is 24.9 Å². The third-order valence-electron chi connectivity index (χ3n) is 4.73. The van der Waals surface area contributed by atoms with Crippen LogP contribution in [0.5, 0.6) is 5.75 Å². The molecule has 1 unspecified atom stereocenters. The number of fused-ring (bicyclic) bond motifs is 1. The molecule has 1 heterocycles. The molecule has 0 aliphatic carbocycles. The molecule has 0 aromatic heterocycles. The number of ether oxygens (including phenoxy) is 1. The minimum atomic E-state index is 0.0217.